The highest BCUT2D eigenvalue weighted by Gasteiger charge is 2.24. The minimum absolute atomic E-state index is 0.0300. The SMILES string of the molecule is CN1CCCC(N(C)c2nc3cc([N+](=O)[O-])ccc3o2)C1. The molecule has 0 aliphatic carbocycles. The Hall–Kier alpha value is -2.15. The molecule has 2 aromatic rings. The van der Waals surface area contributed by atoms with Crippen molar-refractivity contribution in [2.45, 2.75) is 18.9 Å². The molecule has 2 heterocycles. The van der Waals surface area contributed by atoms with Crippen LogP contribution in [-0.4, -0.2) is 48.0 Å². The molecule has 7 nitrogen and oxygen atoms in total. The molecule has 1 aromatic carbocycles. The Morgan fingerprint density at radius 3 is 3.05 bits per heavy atom. The van der Waals surface area contributed by atoms with Crippen molar-refractivity contribution in [2.75, 3.05) is 32.1 Å². The Balaban J connectivity index is 1.87. The highest BCUT2D eigenvalue weighted by molar-refractivity contribution is 5.77. The summed E-state index contributed by atoms with van der Waals surface area (Å²) in [7, 11) is 4.07. The van der Waals surface area contributed by atoms with E-state index in [1.54, 1.807) is 6.07 Å². The van der Waals surface area contributed by atoms with E-state index < -0.39 is 4.92 Å². The molecule has 0 spiro atoms. The number of nitrogens with zero attached hydrogens (tertiary/aromatic N) is 4. The summed E-state index contributed by atoms with van der Waals surface area (Å²) in [5.41, 5.74) is 1.13. The largest absolute Gasteiger partial charge is 0.423 e. The van der Waals surface area contributed by atoms with Gasteiger partial charge in [-0.05, 0) is 32.5 Å². The van der Waals surface area contributed by atoms with Gasteiger partial charge in [-0.1, -0.05) is 0 Å². The van der Waals surface area contributed by atoms with Gasteiger partial charge in [0.25, 0.3) is 11.7 Å². The Kier molecular flexibility index (Phi) is 3.50. The van der Waals surface area contributed by atoms with Crippen LogP contribution >= 0.6 is 0 Å². The van der Waals surface area contributed by atoms with E-state index >= 15 is 0 Å². The Labute approximate surface area is 122 Å². The fourth-order valence-electron chi connectivity index (χ4n) is 2.78. The predicted molar refractivity (Wildman–Crippen MR) is 79.6 cm³/mol. The van der Waals surface area contributed by atoms with Crippen LogP contribution in [0.5, 0.6) is 0 Å². The Morgan fingerprint density at radius 1 is 1.52 bits per heavy atom. The van der Waals surface area contributed by atoms with Gasteiger partial charge in [-0.3, -0.25) is 10.1 Å². The number of oxazole rings is 1. The molecule has 3 rings (SSSR count). The van der Waals surface area contributed by atoms with Gasteiger partial charge in [-0.15, -0.1) is 0 Å². The zero-order valence-electron chi connectivity index (χ0n) is 12.2. The zero-order valence-corrected chi connectivity index (χ0v) is 12.2. The third-order valence-corrected chi connectivity index (χ3v) is 4.02. The number of aromatic nitrogens is 1. The standard InChI is InChI=1S/C14H18N4O3/c1-16-7-3-4-11(9-16)17(2)14-15-12-8-10(18(19)20)5-6-13(12)21-14/h5-6,8,11H,3-4,7,9H2,1-2H3. The van der Waals surface area contributed by atoms with Crippen molar-refractivity contribution in [1.29, 1.82) is 0 Å². The Morgan fingerprint density at radius 2 is 2.33 bits per heavy atom. The molecule has 7 heteroatoms. The van der Waals surface area contributed by atoms with Crippen molar-refractivity contribution in [2.24, 2.45) is 0 Å². The van der Waals surface area contributed by atoms with E-state index in [-0.39, 0.29) is 5.69 Å². The van der Waals surface area contributed by atoms with Gasteiger partial charge in [0.15, 0.2) is 5.58 Å². The van der Waals surface area contributed by atoms with Crippen molar-refractivity contribution >= 4 is 22.8 Å². The molecule has 0 saturated carbocycles. The van der Waals surface area contributed by atoms with Crippen LogP contribution in [0.15, 0.2) is 22.6 Å². The number of rotatable bonds is 3. The Bertz CT molecular complexity index is 669. The molecule has 112 valence electrons. The predicted octanol–water partition coefficient (Wildman–Crippen LogP) is 2.27. The third kappa shape index (κ3) is 2.69. The van der Waals surface area contributed by atoms with Gasteiger partial charge in [0.1, 0.15) is 5.52 Å². The average molecular weight is 290 g/mol. The van der Waals surface area contributed by atoms with Crippen LogP contribution in [0.2, 0.25) is 0 Å². The van der Waals surface area contributed by atoms with Crippen LogP contribution in [0.1, 0.15) is 12.8 Å². The normalized spacial score (nSPS) is 19.8. The minimum Gasteiger partial charge on any atom is -0.423 e. The van der Waals surface area contributed by atoms with Crippen LogP contribution in [0.3, 0.4) is 0 Å². The first-order valence-corrected chi connectivity index (χ1v) is 7.01. The van der Waals surface area contributed by atoms with E-state index in [1.807, 2.05) is 11.9 Å². The van der Waals surface area contributed by atoms with E-state index in [9.17, 15) is 10.1 Å². The number of nitro benzene ring substituents is 1. The molecule has 1 aliphatic heterocycles. The second-order valence-corrected chi connectivity index (χ2v) is 5.57. The van der Waals surface area contributed by atoms with Crippen molar-refractivity contribution in [1.82, 2.24) is 9.88 Å². The van der Waals surface area contributed by atoms with Crippen LogP contribution in [0, 0.1) is 10.1 Å². The second kappa shape index (κ2) is 5.33. The lowest BCUT2D eigenvalue weighted by molar-refractivity contribution is -0.384. The lowest BCUT2D eigenvalue weighted by Crippen LogP contribution is -2.45. The zero-order chi connectivity index (χ0) is 15.0. The first kappa shape index (κ1) is 13.8. The van der Waals surface area contributed by atoms with E-state index in [2.05, 4.69) is 16.9 Å². The summed E-state index contributed by atoms with van der Waals surface area (Å²) in [6.07, 6.45) is 2.25. The number of fused-ring (bicyclic) bond motifs is 1. The fourth-order valence-corrected chi connectivity index (χ4v) is 2.78. The monoisotopic (exact) mass is 290 g/mol. The quantitative estimate of drug-likeness (QED) is 0.637. The van der Waals surface area contributed by atoms with Gasteiger partial charge in [0, 0.05) is 31.8 Å². The number of piperidine rings is 1. The summed E-state index contributed by atoms with van der Waals surface area (Å²) in [5.74, 6) is 0. The summed E-state index contributed by atoms with van der Waals surface area (Å²) in [5, 5.41) is 10.8. The number of hydrogen-bond donors (Lipinski definition) is 0. The first-order chi connectivity index (χ1) is 10.0. The summed E-state index contributed by atoms with van der Waals surface area (Å²) in [6.45, 7) is 2.08. The van der Waals surface area contributed by atoms with Gasteiger partial charge >= 0.3 is 0 Å². The van der Waals surface area contributed by atoms with Crippen LogP contribution < -0.4 is 4.90 Å². The van der Waals surface area contributed by atoms with Gasteiger partial charge in [0.2, 0.25) is 0 Å². The summed E-state index contributed by atoms with van der Waals surface area (Å²) >= 11 is 0. The van der Waals surface area contributed by atoms with Crippen molar-refractivity contribution in [3.05, 3.63) is 28.3 Å². The summed E-state index contributed by atoms with van der Waals surface area (Å²) in [4.78, 5) is 19.1. The third-order valence-electron chi connectivity index (χ3n) is 4.02. The number of hydrogen-bond acceptors (Lipinski definition) is 6. The van der Waals surface area contributed by atoms with Crippen molar-refractivity contribution < 1.29 is 9.34 Å². The highest BCUT2D eigenvalue weighted by atomic mass is 16.6. The maximum atomic E-state index is 10.8. The molecule has 1 atom stereocenters. The van der Waals surface area contributed by atoms with Crippen LogP contribution in [-0.2, 0) is 0 Å². The molecule has 21 heavy (non-hydrogen) atoms. The molecule has 0 bridgehead atoms. The van der Waals surface area contributed by atoms with Crippen molar-refractivity contribution in [3.8, 4) is 0 Å². The maximum absolute atomic E-state index is 10.8. The molecular formula is C14H18N4O3. The molecule has 1 unspecified atom stereocenters. The van der Waals surface area contributed by atoms with E-state index in [4.69, 9.17) is 4.42 Å². The fraction of sp³-hybridized carbons (Fsp3) is 0.500. The van der Waals surface area contributed by atoms with Crippen molar-refractivity contribution in [3.63, 3.8) is 0 Å². The first-order valence-electron chi connectivity index (χ1n) is 7.01. The molecule has 0 amide bonds. The topological polar surface area (TPSA) is 75.7 Å². The lowest BCUT2D eigenvalue weighted by atomic mass is 10.1. The van der Waals surface area contributed by atoms with Gasteiger partial charge in [-0.25, -0.2) is 0 Å². The van der Waals surface area contributed by atoms with Crippen LogP contribution in [0.4, 0.5) is 11.7 Å². The number of non-ortho nitro benzene ring substituents is 1. The molecule has 0 N–H and O–H groups in total. The summed E-state index contributed by atoms with van der Waals surface area (Å²) in [6, 6.07) is 5.36. The number of likely N-dealkylation sites (N-methyl/N-ethyl adjacent to an activating group) is 2. The maximum Gasteiger partial charge on any atom is 0.298 e. The van der Waals surface area contributed by atoms with Crippen LogP contribution in [0.25, 0.3) is 11.1 Å². The molecular weight excluding hydrogens is 272 g/mol. The highest BCUT2D eigenvalue weighted by Crippen LogP contribution is 2.27. The number of nitro groups is 1. The molecule has 1 saturated heterocycles. The minimum atomic E-state index is -0.423. The molecule has 1 aliphatic rings. The molecule has 1 fully saturated rings. The molecule has 0 radical (unpaired) electrons. The van der Waals surface area contributed by atoms with Gasteiger partial charge in [-0.2, -0.15) is 4.98 Å². The van der Waals surface area contributed by atoms with Gasteiger partial charge < -0.3 is 14.2 Å². The second-order valence-electron chi connectivity index (χ2n) is 5.57. The van der Waals surface area contributed by atoms with Gasteiger partial charge in [0.05, 0.1) is 4.92 Å². The average Bonchev–Trinajstić information content (AvgIpc) is 2.89. The number of likely N-dealkylation sites (tertiary alicyclic amines) is 1. The van der Waals surface area contributed by atoms with E-state index in [1.165, 1.54) is 12.1 Å². The summed E-state index contributed by atoms with van der Waals surface area (Å²) < 4.78 is 5.73. The smallest absolute Gasteiger partial charge is 0.298 e. The number of anilines is 1. The lowest BCUT2D eigenvalue weighted by Gasteiger charge is -2.34. The number of benzene rings is 1. The van der Waals surface area contributed by atoms with E-state index in [0.717, 1.165) is 25.9 Å². The van der Waals surface area contributed by atoms with E-state index in [0.29, 0.717) is 23.2 Å². The molecule has 1 aromatic heterocycles.